The molecule has 338 valence electrons. The second-order valence-corrected chi connectivity index (χ2v) is 19.7. The zero-order chi connectivity index (χ0) is 41.4. The lowest BCUT2D eigenvalue weighted by atomic mass is 9.93. The van der Waals surface area contributed by atoms with E-state index < -0.39 is 0 Å². The molecule has 4 saturated heterocycles. The van der Waals surface area contributed by atoms with Gasteiger partial charge in [-0.15, -0.1) is 0 Å². The SMILES string of the molecule is C.C.C.CC.CC.CC.CC.CC1(C)CCN(C(C)(C)C)C1.CC1CCCN(C(C)(C)C)CC1.CC1CCN(C(C)(C)C)CC1.CC1CN(C(C)(C)C)C1. The van der Waals surface area contributed by atoms with Crippen LogP contribution in [0.5, 0.6) is 0 Å². The van der Waals surface area contributed by atoms with Gasteiger partial charge in [0.25, 0.3) is 0 Å². The maximum absolute atomic E-state index is 2.62. The Balaban J connectivity index is -0.000000101. The fourth-order valence-corrected chi connectivity index (χ4v) is 6.54. The monoisotopic (exact) mass is 775 g/mol. The highest BCUT2D eigenvalue weighted by atomic mass is 15.2. The Bertz CT molecular complexity index is 747. The standard InChI is InChI=1S/C11H23N.2C10H21N.C8H17N.4C2H6.3CH4/c1-10-6-5-8-12(9-7-10)11(2,3)4;1-9(2,3)11-7-6-10(4,5)8-11;1-9-5-7-11(8-6-9)10(2,3)4;1-7-5-9(6-7)8(2,3)4;4*1-2;;;/h10H,5-9H2,1-4H3;6-8H2,1-5H3;9H,5-8H2,1-4H3;7H,5-6H2,1-4H3;4*1-2H3;3*1H4. The molecule has 0 aromatic rings. The Morgan fingerprint density at radius 2 is 0.685 bits per heavy atom. The minimum Gasteiger partial charge on any atom is -0.298 e. The van der Waals surface area contributed by atoms with E-state index in [1.807, 2.05) is 55.4 Å². The molecule has 0 amide bonds. The Morgan fingerprint density at radius 3 is 0.907 bits per heavy atom. The second-order valence-electron chi connectivity index (χ2n) is 19.7. The van der Waals surface area contributed by atoms with Crippen LogP contribution in [0.1, 0.15) is 234 Å². The van der Waals surface area contributed by atoms with E-state index >= 15 is 0 Å². The first kappa shape index (κ1) is 68.5. The molecule has 0 bridgehead atoms. The smallest absolute Gasteiger partial charge is 0.0125 e. The third kappa shape index (κ3) is 32.9. The molecule has 0 aromatic carbocycles. The molecule has 4 nitrogen and oxygen atoms in total. The molecule has 4 fully saturated rings. The van der Waals surface area contributed by atoms with Gasteiger partial charge >= 0.3 is 0 Å². The van der Waals surface area contributed by atoms with E-state index in [1.165, 1.54) is 90.9 Å². The number of likely N-dealkylation sites (tertiary alicyclic amines) is 4. The normalized spacial score (nSPS) is 20.9. The van der Waals surface area contributed by atoms with Crippen molar-refractivity contribution in [2.24, 2.45) is 23.2 Å². The zero-order valence-electron chi connectivity index (χ0n) is 40.9. The number of nitrogens with zero attached hydrogens (tertiary/aromatic N) is 4. The first-order chi connectivity index (χ1) is 23.3. The third-order valence-electron chi connectivity index (χ3n) is 10.3. The summed E-state index contributed by atoms with van der Waals surface area (Å²) in [7, 11) is 0. The summed E-state index contributed by atoms with van der Waals surface area (Å²) in [5, 5.41) is 0. The molecule has 0 spiro atoms. The molecule has 0 radical (unpaired) electrons. The van der Waals surface area contributed by atoms with Crippen LogP contribution in [0.3, 0.4) is 0 Å². The van der Waals surface area contributed by atoms with Crippen LogP contribution in [0.4, 0.5) is 0 Å². The zero-order valence-corrected chi connectivity index (χ0v) is 40.9. The number of piperidine rings is 1. The quantitative estimate of drug-likeness (QED) is 0.243. The van der Waals surface area contributed by atoms with Crippen molar-refractivity contribution in [2.45, 2.75) is 256 Å². The minimum absolute atomic E-state index is 0. The van der Waals surface area contributed by atoms with Crippen LogP contribution < -0.4 is 0 Å². The molecule has 1 atom stereocenters. The third-order valence-corrected chi connectivity index (χ3v) is 10.3. The van der Waals surface area contributed by atoms with Gasteiger partial charge in [-0.2, -0.15) is 0 Å². The summed E-state index contributed by atoms with van der Waals surface area (Å²) in [5.41, 5.74) is 2.09. The maximum Gasteiger partial charge on any atom is 0.0125 e. The number of hydrogen-bond donors (Lipinski definition) is 0. The number of rotatable bonds is 0. The minimum atomic E-state index is 0. The predicted octanol–water partition coefficient (Wildman–Crippen LogP) is 15.7. The molecule has 0 saturated carbocycles. The highest BCUT2D eigenvalue weighted by Crippen LogP contribution is 2.33. The van der Waals surface area contributed by atoms with Gasteiger partial charge in [0, 0.05) is 41.8 Å². The van der Waals surface area contributed by atoms with Crippen molar-refractivity contribution in [1.29, 1.82) is 0 Å². The van der Waals surface area contributed by atoms with E-state index in [-0.39, 0.29) is 22.3 Å². The molecule has 4 heterocycles. The van der Waals surface area contributed by atoms with Crippen LogP contribution in [0.2, 0.25) is 0 Å². The Morgan fingerprint density at radius 1 is 0.389 bits per heavy atom. The lowest BCUT2D eigenvalue weighted by molar-refractivity contribution is 0.0224. The van der Waals surface area contributed by atoms with Crippen molar-refractivity contribution >= 4 is 0 Å². The topological polar surface area (TPSA) is 13.0 Å². The van der Waals surface area contributed by atoms with Gasteiger partial charge in [0.2, 0.25) is 0 Å². The summed E-state index contributed by atoms with van der Waals surface area (Å²) >= 11 is 0. The van der Waals surface area contributed by atoms with Gasteiger partial charge in [-0.1, -0.05) is 112 Å². The lowest BCUT2D eigenvalue weighted by Gasteiger charge is -2.46. The van der Waals surface area contributed by atoms with E-state index in [4.69, 9.17) is 0 Å². The van der Waals surface area contributed by atoms with Crippen molar-refractivity contribution in [2.75, 3.05) is 52.4 Å². The molecular weight excluding hydrogens is 657 g/mol. The molecule has 4 heteroatoms. The highest BCUT2D eigenvalue weighted by molar-refractivity contribution is 4.89. The molecule has 1 unspecified atom stereocenters. The summed E-state index contributed by atoms with van der Waals surface area (Å²) in [5.74, 6) is 2.83. The fraction of sp³-hybridized carbons (Fsp3) is 1.00. The first-order valence-corrected chi connectivity index (χ1v) is 22.3. The number of hydrogen-bond acceptors (Lipinski definition) is 4. The fourth-order valence-electron chi connectivity index (χ4n) is 6.54. The Labute approximate surface area is 350 Å². The van der Waals surface area contributed by atoms with Crippen LogP contribution in [0.25, 0.3) is 0 Å². The van der Waals surface area contributed by atoms with E-state index in [0.717, 1.165) is 17.8 Å². The maximum atomic E-state index is 2.62. The van der Waals surface area contributed by atoms with Gasteiger partial charge in [-0.25, -0.2) is 0 Å². The van der Waals surface area contributed by atoms with Crippen LogP contribution in [-0.4, -0.2) is 94.1 Å². The van der Waals surface area contributed by atoms with E-state index in [2.05, 4.69) is 137 Å². The Hall–Kier alpha value is -0.160. The van der Waals surface area contributed by atoms with Gasteiger partial charge in [0.1, 0.15) is 0 Å². The average molecular weight is 776 g/mol. The van der Waals surface area contributed by atoms with Crippen molar-refractivity contribution < 1.29 is 0 Å². The van der Waals surface area contributed by atoms with Crippen molar-refractivity contribution in [3.63, 3.8) is 0 Å². The first-order valence-electron chi connectivity index (χ1n) is 22.3. The molecule has 4 aliphatic rings. The predicted molar refractivity (Wildman–Crippen MR) is 260 cm³/mol. The molecule has 54 heavy (non-hydrogen) atoms. The van der Waals surface area contributed by atoms with Gasteiger partial charge < -0.3 is 0 Å². The largest absolute Gasteiger partial charge is 0.298 e. The molecule has 4 rings (SSSR count). The summed E-state index contributed by atoms with van der Waals surface area (Å²) < 4.78 is 0. The van der Waals surface area contributed by atoms with Crippen LogP contribution in [-0.2, 0) is 0 Å². The van der Waals surface area contributed by atoms with Crippen molar-refractivity contribution in [3.8, 4) is 0 Å². The van der Waals surface area contributed by atoms with Crippen LogP contribution in [0.15, 0.2) is 0 Å². The molecule has 0 aliphatic carbocycles. The van der Waals surface area contributed by atoms with E-state index in [9.17, 15) is 0 Å². The molecular formula is C50H118N4. The molecule has 0 aromatic heterocycles. The summed E-state index contributed by atoms with van der Waals surface area (Å²) in [6, 6.07) is 0. The summed E-state index contributed by atoms with van der Waals surface area (Å²) in [6.07, 6.45) is 8.32. The lowest BCUT2D eigenvalue weighted by Crippen LogP contribution is -2.54. The van der Waals surface area contributed by atoms with Crippen molar-refractivity contribution in [3.05, 3.63) is 0 Å². The second kappa shape index (κ2) is 33.8. The summed E-state index contributed by atoms with van der Waals surface area (Å²) in [4.78, 5) is 10.3. The van der Waals surface area contributed by atoms with Gasteiger partial charge in [0.15, 0.2) is 0 Å². The van der Waals surface area contributed by atoms with Gasteiger partial charge in [-0.3, -0.25) is 19.6 Å². The van der Waals surface area contributed by atoms with E-state index in [1.54, 1.807) is 0 Å². The van der Waals surface area contributed by atoms with E-state index in [0.29, 0.717) is 27.6 Å². The van der Waals surface area contributed by atoms with Crippen LogP contribution in [0, 0.1) is 23.2 Å². The Kier molecular flexibility index (Phi) is 42.9. The van der Waals surface area contributed by atoms with Crippen molar-refractivity contribution in [1.82, 2.24) is 19.6 Å². The molecule has 0 N–H and O–H groups in total. The van der Waals surface area contributed by atoms with Gasteiger partial charge in [-0.05, 0) is 178 Å². The highest BCUT2D eigenvalue weighted by Gasteiger charge is 2.34. The molecule has 4 aliphatic heterocycles. The van der Waals surface area contributed by atoms with Crippen LogP contribution >= 0.6 is 0 Å². The average Bonchev–Trinajstić information content (AvgIpc) is 3.26. The van der Waals surface area contributed by atoms with Gasteiger partial charge in [0.05, 0.1) is 0 Å². The summed E-state index contributed by atoms with van der Waals surface area (Å²) in [6.45, 7) is 65.7.